The first kappa shape index (κ1) is 21.3. The van der Waals surface area contributed by atoms with E-state index in [4.69, 9.17) is 11.6 Å². The molecule has 0 bridgehead atoms. The van der Waals surface area contributed by atoms with Crippen molar-refractivity contribution in [3.8, 4) is 0 Å². The number of hydrogen-bond donors (Lipinski definition) is 0. The number of benzene rings is 4. The van der Waals surface area contributed by atoms with Crippen LogP contribution in [-0.4, -0.2) is 6.04 Å². The Morgan fingerprint density at radius 2 is 1.56 bits per heavy atom. The van der Waals surface area contributed by atoms with E-state index in [1.54, 1.807) is 0 Å². The van der Waals surface area contributed by atoms with Gasteiger partial charge < -0.3 is 4.90 Å². The Balaban J connectivity index is 1.44. The molecular formula is C32H28ClN. The molecule has 0 aromatic heterocycles. The molecule has 6 rings (SSSR count). The van der Waals surface area contributed by atoms with E-state index >= 15 is 0 Å². The SMILES string of the molecule is Cc1ccc(N2c3ccc(C=C(c4ccccc4)c4ccc(Cl)cc4)cc3C3CCCC32)cc1. The Hall–Kier alpha value is -3.29. The van der Waals surface area contributed by atoms with E-state index in [-0.39, 0.29) is 0 Å². The van der Waals surface area contributed by atoms with Gasteiger partial charge in [0.05, 0.1) is 0 Å². The minimum absolute atomic E-state index is 0.571. The van der Waals surface area contributed by atoms with Gasteiger partial charge in [0.2, 0.25) is 0 Å². The first-order valence-corrected chi connectivity index (χ1v) is 12.6. The Kier molecular flexibility index (Phi) is 5.51. The molecule has 0 radical (unpaired) electrons. The molecule has 0 saturated heterocycles. The molecule has 1 aliphatic carbocycles. The van der Waals surface area contributed by atoms with Crippen molar-refractivity contribution in [3.63, 3.8) is 0 Å². The van der Waals surface area contributed by atoms with Crippen LogP contribution >= 0.6 is 11.6 Å². The van der Waals surface area contributed by atoms with Crippen LogP contribution in [0, 0.1) is 6.92 Å². The second kappa shape index (κ2) is 8.81. The number of hydrogen-bond acceptors (Lipinski definition) is 1. The third-order valence-electron chi connectivity index (χ3n) is 7.38. The third kappa shape index (κ3) is 3.85. The number of fused-ring (bicyclic) bond motifs is 3. The van der Waals surface area contributed by atoms with Crippen LogP contribution in [0.15, 0.2) is 97.1 Å². The molecule has 34 heavy (non-hydrogen) atoms. The van der Waals surface area contributed by atoms with E-state index in [0.29, 0.717) is 12.0 Å². The summed E-state index contributed by atoms with van der Waals surface area (Å²) in [5.41, 5.74) is 10.4. The van der Waals surface area contributed by atoms with E-state index in [1.165, 1.54) is 64.0 Å². The van der Waals surface area contributed by atoms with Crippen molar-refractivity contribution in [2.24, 2.45) is 0 Å². The number of aryl methyl sites for hydroxylation is 1. The van der Waals surface area contributed by atoms with Gasteiger partial charge in [-0.3, -0.25) is 0 Å². The molecule has 2 unspecified atom stereocenters. The molecule has 0 amide bonds. The predicted octanol–water partition coefficient (Wildman–Crippen LogP) is 9.03. The molecule has 1 fully saturated rings. The van der Waals surface area contributed by atoms with Crippen molar-refractivity contribution in [2.45, 2.75) is 38.1 Å². The molecule has 1 saturated carbocycles. The van der Waals surface area contributed by atoms with Crippen molar-refractivity contribution in [1.29, 1.82) is 0 Å². The quantitative estimate of drug-likeness (QED) is 0.274. The van der Waals surface area contributed by atoms with Gasteiger partial charge >= 0.3 is 0 Å². The zero-order chi connectivity index (χ0) is 23.1. The van der Waals surface area contributed by atoms with Gasteiger partial charge in [0.1, 0.15) is 0 Å². The number of nitrogens with zero attached hydrogens (tertiary/aromatic N) is 1. The zero-order valence-corrected chi connectivity index (χ0v) is 20.2. The summed E-state index contributed by atoms with van der Waals surface area (Å²) >= 11 is 6.19. The van der Waals surface area contributed by atoms with Crippen LogP contribution in [0.25, 0.3) is 11.6 Å². The summed E-state index contributed by atoms with van der Waals surface area (Å²) in [6.45, 7) is 2.16. The van der Waals surface area contributed by atoms with Gasteiger partial charge in [-0.1, -0.05) is 84.2 Å². The lowest BCUT2D eigenvalue weighted by Gasteiger charge is -2.27. The average Bonchev–Trinajstić information content (AvgIpc) is 3.46. The first-order chi connectivity index (χ1) is 16.7. The standard InChI is InChI=1S/C32H28ClN/c1-22-10-17-27(18-11-22)34-31-9-5-8-28(31)30-21-23(12-19-32(30)34)20-29(24-6-3-2-4-7-24)25-13-15-26(33)16-14-25/h2-4,6-7,10-21,28,31H,5,8-9H2,1H3. The third-order valence-corrected chi connectivity index (χ3v) is 7.64. The molecule has 2 atom stereocenters. The summed E-state index contributed by atoms with van der Waals surface area (Å²) in [7, 11) is 0. The predicted molar refractivity (Wildman–Crippen MR) is 145 cm³/mol. The molecule has 4 aromatic carbocycles. The molecule has 4 aromatic rings. The fourth-order valence-corrected chi connectivity index (χ4v) is 5.88. The maximum Gasteiger partial charge on any atom is 0.0450 e. The van der Waals surface area contributed by atoms with E-state index in [1.807, 2.05) is 12.1 Å². The molecule has 168 valence electrons. The lowest BCUT2D eigenvalue weighted by Crippen LogP contribution is -2.26. The summed E-state index contributed by atoms with van der Waals surface area (Å²) in [5, 5.41) is 0.761. The van der Waals surface area contributed by atoms with Gasteiger partial charge in [-0.15, -0.1) is 0 Å². The summed E-state index contributed by atoms with van der Waals surface area (Å²) in [6.07, 6.45) is 6.17. The molecular weight excluding hydrogens is 434 g/mol. The molecule has 2 heteroatoms. The Morgan fingerprint density at radius 1 is 0.824 bits per heavy atom. The van der Waals surface area contributed by atoms with Crippen LogP contribution in [0.1, 0.15) is 53.0 Å². The van der Waals surface area contributed by atoms with E-state index in [9.17, 15) is 0 Å². The van der Waals surface area contributed by atoms with Crippen molar-refractivity contribution in [1.82, 2.24) is 0 Å². The summed E-state index contributed by atoms with van der Waals surface area (Å²) in [4.78, 5) is 2.59. The highest BCUT2D eigenvalue weighted by Gasteiger charge is 2.42. The Morgan fingerprint density at radius 3 is 2.32 bits per heavy atom. The number of halogens is 1. The van der Waals surface area contributed by atoms with E-state index in [0.717, 1.165) is 5.02 Å². The number of anilines is 2. The van der Waals surface area contributed by atoms with Crippen LogP contribution in [0.2, 0.25) is 5.02 Å². The fourth-order valence-electron chi connectivity index (χ4n) is 5.75. The Bertz CT molecular complexity index is 1340. The lowest BCUT2D eigenvalue weighted by atomic mass is 9.93. The van der Waals surface area contributed by atoms with Crippen molar-refractivity contribution in [3.05, 3.63) is 130 Å². The molecule has 0 spiro atoms. The molecule has 1 aliphatic heterocycles. The summed E-state index contributed by atoms with van der Waals surface area (Å²) in [6, 6.07) is 35.4. The average molecular weight is 462 g/mol. The van der Waals surface area contributed by atoms with Gasteiger partial charge in [0.15, 0.2) is 0 Å². The topological polar surface area (TPSA) is 3.24 Å². The maximum atomic E-state index is 6.19. The van der Waals surface area contributed by atoms with Gasteiger partial charge in [-0.25, -0.2) is 0 Å². The molecule has 1 heterocycles. The Labute approximate surface area is 207 Å². The largest absolute Gasteiger partial charge is 0.338 e. The zero-order valence-electron chi connectivity index (χ0n) is 19.4. The minimum Gasteiger partial charge on any atom is -0.338 e. The van der Waals surface area contributed by atoms with Crippen LogP contribution in [0.4, 0.5) is 11.4 Å². The molecule has 0 N–H and O–H groups in total. The lowest BCUT2D eigenvalue weighted by molar-refractivity contribution is 0.642. The normalized spacial score (nSPS) is 19.2. The van der Waals surface area contributed by atoms with Crippen molar-refractivity contribution >= 4 is 34.6 Å². The van der Waals surface area contributed by atoms with Crippen LogP contribution < -0.4 is 4.90 Å². The minimum atomic E-state index is 0.571. The number of rotatable bonds is 4. The van der Waals surface area contributed by atoms with Crippen LogP contribution in [-0.2, 0) is 0 Å². The molecule has 1 nitrogen and oxygen atoms in total. The maximum absolute atomic E-state index is 6.19. The fraction of sp³-hybridized carbons (Fsp3) is 0.188. The van der Waals surface area contributed by atoms with Gasteiger partial charge in [-0.05, 0) is 90.1 Å². The summed E-state index contributed by atoms with van der Waals surface area (Å²) in [5.74, 6) is 0.611. The highest BCUT2D eigenvalue weighted by atomic mass is 35.5. The van der Waals surface area contributed by atoms with Crippen molar-refractivity contribution in [2.75, 3.05) is 4.90 Å². The van der Waals surface area contributed by atoms with E-state index < -0.39 is 0 Å². The van der Waals surface area contributed by atoms with Crippen LogP contribution in [0.3, 0.4) is 0 Å². The van der Waals surface area contributed by atoms with Gasteiger partial charge in [0, 0.05) is 28.4 Å². The first-order valence-electron chi connectivity index (χ1n) is 12.2. The second-order valence-corrected chi connectivity index (χ2v) is 10.00. The summed E-state index contributed by atoms with van der Waals surface area (Å²) < 4.78 is 0. The smallest absolute Gasteiger partial charge is 0.0450 e. The van der Waals surface area contributed by atoms with Crippen LogP contribution in [0.5, 0.6) is 0 Å². The van der Waals surface area contributed by atoms with Gasteiger partial charge in [0.25, 0.3) is 0 Å². The highest BCUT2D eigenvalue weighted by Crippen LogP contribution is 2.52. The highest BCUT2D eigenvalue weighted by molar-refractivity contribution is 6.30. The second-order valence-electron chi connectivity index (χ2n) is 9.56. The molecule has 2 aliphatic rings. The van der Waals surface area contributed by atoms with Gasteiger partial charge in [-0.2, -0.15) is 0 Å². The van der Waals surface area contributed by atoms with Crippen molar-refractivity contribution < 1.29 is 0 Å². The monoisotopic (exact) mass is 461 g/mol. The van der Waals surface area contributed by atoms with E-state index in [2.05, 4.69) is 103 Å².